The zero-order valence-electron chi connectivity index (χ0n) is 10.7. The van der Waals surface area contributed by atoms with E-state index in [0.29, 0.717) is 12.5 Å². The average molecular weight is 254 g/mol. The molecule has 0 bridgehead atoms. The Morgan fingerprint density at radius 3 is 2.24 bits per heavy atom. The number of hydrogen-bond acceptors (Lipinski definition) is 1. The van der Waals surface area contributed by atoms with Gasteiger partial charge in [0.2, 0.25) is 5.91 Å². The van der Waals surface area contributed by atoms with Crippen molar-refractivity contribution in [1.82, 2.24) is 5.32 Å². The highest BCUT2D eigenvalue weighted by Gasteiger charge is 2.16. The third kappa shape index (κ3) is 4.04. The molecule has 2 nitrogen and oxygen atoms in total. The molecule has 0 aromatic heterocycles. The van der Waals surface area contributed by atoms with Crippen molar-refractivity contribution in [2.75, 3.05) is 6.54 Å². The fourth-order valence-corrected chi connectivity index (χ4v) is 1.76. The first-order valence-corrected chi connectivity index (χ1v) is 6.51. The number of carbonyl (C=O) groups is 1. The summed E-state index contributed by atoms with van der Waals surface area (Å²) in [6, 6.07) is 7.92. The van der Waals surface area contributed by atoms with E-state index >= 15 is 0 Å². The minimum atomic E-state index is -0.595. The van der Waals surface area contributed by atoms with Gasteiger partial charge in [0, 0.05) is 6.54 Å². The number of alkyl halides is 1. The van der Waals surface area contributed by atoms with Gasteiger partial charge in [-0.25, -0.2) is 0 Å². The summed E-state index contributed by atoms with van der Waals surface area (Å²) in [4.78, 5) is 11.7. The van der Waals surface area contributed by atoms with Crippen molar-refractivity contribution in [2.45, 2.75) is 38.5 Å². The zero-order chi connectivity index (χ0) is 12.8. The Bertz CT molecular complexity index is 359. The van der Waals surface area contributed by atoms with E-state index in [9.17, 15) is 4.79 Å². The van der Waals surface area contributed by atoms with Gasteiger partial charge in [0.05, 0.1) is 0 Å². The molecule has 0 radical (unpaired) electrons. The van der Waals surface area contributed by atoms with E-state index in [2.05, 4.69) is 19.2 Å². The van der Waals surface area contributed by atoms with Crippen molar-refractivity contribution >= 4 is 17.5 Å². The van der Waals surface area contributed by atoms with E-state index in [0.717, 1.165) is 12.0 Å². The summed E-state index contributed by atoms with van der Waals surface area (Å²) in [5.74, 6) is 0.373. The monoisotopic (exact) mass is 253 g/mol. The number of benzene rings is 1. The van der Waals surface area contributed by atoms with Crippen LogP contribution in [0.15, 0.2) is 24.3 Å². The highest BCUT2D eigenvalue weighted by molar-refractivity contribution is 6.30. The van der Waals surface area contributed by atoms with Gasteiger partial charge in [-0.15, -0.1) is 11.6 Å². The number of amides is 1. The lowest BCUT2D eigenvalue weighted by atomic mass is 10.0. The van der Waals surface area contributed by atoms with Crippen molar-refractivity contribution in [3.8, 4) is 0 Å². The quantitative estimate of drug-likeness (QED) is 0.798. The number of halogens is 1. The third-order valence-corrected chi connectivity index (χ3v) is 3.13. The van der Waals surface area contributed by atoms with Gasteiger partial charge in [-0.2, -0.15) is 0 Å². The smallest absolute Gasteiger partial charge is 0.242 e. The molecule has 1 aromatic rings. The number of nitrogens with one attached hydrogen (secondary N) is 1. The van der Waals surface area contributed by atoms with Gasteiger partial charge in [0.1, 0.15) is 5.38 Å². The Morgan fingerprint density at radius 2 is 1.76 bits per heavy atom. The van der Waals surface area contributed by atoms with E-state index in [1.807, 2.05) is 31.2 Å². The molecule has 1 aromatic carbocycles. The van der Waals surface area contributed by atoms with Gasteiger partial charge in [0.25, 0.3) is 0 Å². The second-order valence-electron chi connectivity index (χ2n) is 4.47. The van der Waals surface area contributed by atoms with E-state index in [1.165, 1.54) is 5.56 Å². The Balaban J connectivity index is 2.69. The zero-order valence-corrected chi connectivity index (χ0v) is 11.4. The van der Waals surface area contributed by atoms with E-state index in [4.69, 9.17) is 11.6 Å². The molecule has 1 atom stereocenters. The summed E-state index contributed by atoms with van der Waals surface area (Å²) >= 11 is 6.11. The molecule has 0 aliphatic carbocycles. The number of hydrogen-bond donors (Lipinski definition) is 1. The minimum absolute atomic E-state index is 0.120. The molecule has 94 valence electrons. The van der Waals surface area contributed by atoms with Crippen molar-refractivity contribution in [2.24, 2.45) is 0 Å². The first kappa shape index (κ1) is 14.0. The molecule has 0 saturated heterocycles. The summed E-state index contributed by atoms with van der Waals surface area (Å²) < 4.78 is 0. The normalized spacial score (nSPS) is 12.5. The van der Waals surface area contributed by atoms with Gasteiger partial charge >= 0.3 is 0 Å². The van der Waals surface area contributed by atoms with Gasteiger partial charge in [-0.1, -0.05) is 45.0 Å². The molecular formula is C14H20ClNO. The van der Waals surface area contributed by atoms with Crippen molar-refractivity contribution in [3.05, 3.63) is 35.4 Å². The van der Waals surface area contributed by atoms with Crippen LogP contribution < -0.4 is 5.32 Å². The van der Waals surface area contributed by atoms with E-state index in [-0.39, 0.29) is 5.91 Å². The van der Waals surface area contributed by atoms with Crippen LogP contribution in [-0.4, -0.2) is 12.5 Å². The van der Waals surface area contributed by atoms with Crippen LogP contribution >= 0.6 is 11.6 Å². The van der Waals surface area contributed by atoms with Crippen LogP contribution in [0.1, 0.15) is 49.6 Å². The van der Waals surface area contributed by atoms with Crippen molar-refractivity contribution in [1.29, 1.82) is 0 Å². The summed E-state index contributed by atoms with van der Waals surface area (Å²) in [6.45, 7) is 6.97. The molecule has 1 amide bonds. The van der Waals surface area contributed by atoms with Gasteiger partial charge in [-0.05, 0) is 23.5 Å². The Kier molecular flexibility index (Phi) is 5.49. The average Bonchev–Trinajstić information content (AvgIpc) is 2.35. The summed E-state index contributed by atoms with van der Waals surface area (Å²) in [7, 11) is 0. The molecule has 0 fully saturated rings. The molecule has 0 spiro atoms. The summed E-state index contributed by atoms with van der Waals surface area (Å²) in [6.07, 6.45) is 0.918. The lowest BCUT2D eigenvalue weighted by Gasteiger charge is -2.12. The van der Waals surface area contributed by atoms with Crippen LogP contribution in [0.4, 0.5) is 0 Å². The van der Waals surface area contributed by atoms with Crippen LogP contribution in [0, 0.1) is 0 Å². The van der Waals surface area contributed by atoms with Crippen molar-refractivity contribution in [3.63, 3.8) is 0 Å². The lowest BCUT2D eigenvalue weighted by molar-refractivity contribution is -0.120. The molecule has 17 heavy (non-hydrogen) atoms. The molecule has 0 aliphatic rings. The first-order valence-electron chi connectivity index (χ1n) is 6.08. The molecule has 3 heteroatoms. The topological polar surface area (TPSA) is 29.1 Å². The Morgan fingerprint density at radius 1 is 1.24 bits per heavy atom. The molecule has 0 aliphatic heterocycles. The molecule has 0 heterocycles. The largest absolute Gasteiger partial charge is 0.355 e. The van der Waals surface area contributed by atoms with E-state index < -0.39 is 5.38 Å². The maximum absolute atomic E-state index is 11.7. The first-order chi connectivity index (χ1) is 8.06. The van der Waals surface area contributed by atoms with Crippen LogP contribution in [-0.2, 0) is 4.79 Å². The Labute approximate surface area is 108 Å². The maximum atomic E-state index is 11.7. The summed E-state index contributed by atoms with van der Waals surface area (Å²) in [5.41, 5.74) is 2.11. The maximum Gasteiger partial charge on any atom is 0.242 e. The number of carbonyl (C=O) groups excluding carboxylic acids is 1. The molecular weight excluding hydrogens is 234 g/mol. The molecule has 0 saturated carbocycles. The second kappa shape index (κ2) is 6.65. The Hall–Kier alpha value is -1.02. The molecule has 1 rings (SSSR count). The highest BCUT2D eigenvalue weighted by atomic mass is 35.5. The fraction of sp³-hybridized carbons (Fsp3) is 0.500. The predicted octanol–water partition coefficient (Wildman–Crippen LogP) is 3.62. The van der Waals surface area contributed by atoms with Gasteiger partial charge in [-0.3, -0.25) is 4.79 Å². The van der Waals surface area contributed by atoms with Crippen LogP contribution in [0.25, 0.3) is 0 Å². The second-order valence-corrected chi connectivity index (χ2v) is 4.91. The van der Waals surface area contributed by atoms with Gasteiger partial charge in [0.15, 0.2) is 0 Å². The SMILES string of the molecule is CCCNC(=O)C(Cl)c1ccc(C(C)C)cc1. The van der Waals surface area contributed by atoms with Crippen LogP contribution in [0.2, 0.25) is 0 Å². The highest BCUT2D eigenvalue weighted by Crippen LogP contribution is 2.23. The molecule has 1 unspecified atom stereocenters. The minimum Gasteiger partial charge on any atom is -0.355 e. The number of rotatable bonds is 5. The van der Waals surface area contributed by atoms with Crippen LogP contribution in [0.5, 0.6) is 0 Å². The lowest BCUT2D eigenvalue weighted by Crippen LogP contribution is -2.27. The third-order valence-electron chi connectivity index (χ3n) is 2.68. The van der Waals surface area contributed by atoms with Crippen LogP contribution in [0.3, 0.4) is 0 Å². The standard InChI is InChI=1S/C14H20ClNO/c1-4-9-16-14(17)13(15)12-7-5-11(6-8-12)10(2)3/h5-8,10,13H,4,9H2,1-3H3,(H,16,17). The van der Waals surface area contributed by atoms with Crippen molar-refractivity contribution < 1.29 is 4.79 Å². The fourth-order valence-electron chi connectivity index (χ4n) is 1.54. The predicted molar refractivity (Wildman–Crippen MR) is 72.4 cm³/mol. The van der Waals surface area contributed by atoms with Gasteiger partial charge < -0.3 is 5.32 Å². The summed E-state index contributed by atoms with van der Waals surface area (Å²) in [5, 5.41) is 2.20. The molecule has 1 N–H and O–H groups in total. The van der Waals surface area contributed by atoms with E-state index in [1.54, 1.807) is 0 Å².